The van der Waals surface area contributed by atoms with Crippen LogP contribution in [-0.4, -0.2) is 10.9 Å². The van der Waals surface area contributed by atoms with Crippen molar-refractivity contribution in [1.29, 1.82) is 0 Å². The van der Waals surface area contributed by atoms with Gasteiger partial charge in [0.25, 0.3) is 0 Å². The highest BCUT2D eigenvalue weighted by Gasteiger charge is 2.09. The molecule has 3 aromatic rings. The summed E-state index contributed by atoms with van der Waals surface area (Å²) in [4.78, 5) is 16.2. The van der Waals surface area contributed by atoms with Crippen molar-refractivity contribution in [2.24, 2.45) is 0 Å². The number of hydrogen-bond acceptors (Lipinski definition) is 3. The molecule has 1 N–H and O–H groups in total. The van der Waals surface area contributed by atoms with Crippen LogP contribution in [0.3, 0.4) is 0 Å². The minimum atomic E-state index is -0.696. The van der Waals surface area contributed by atoms with Crippen molar-refractivity contribution in [3.8, 4) is 11.6 Å². The number of ether oxygens (including phenoxy) is 1. The van der Waals surface area contributed by atoms with E-state index in [-0.39, 0.29) is 17.5 Å². The Morgan fingerprint density at radius 2 is 1.86 bits per heavy atom. The van der Waals surface area contributed by atoms with Crippen molar-refractivity contribution in [1.82, 2.24) is 10.3 Å². The number of carbonyl (C=O) groups is 1. The van der Waals surface area contributed by atoms with E-state index in [0.29, 0.717) is 11.6 Å². The van der Waals surface area contributed by atoms with Crippen molar-refractivity contribution in [2.75, 3.05) is 0 Å². The van der Waals surface area contributed by atoms with Gasteiger partial charge in [0.15, 0.2) is 0 Å². The van der Waals surface area contributed by atoms with E-state index in [2.05, 4.69) is 10.3 Å². The maximum absolute atomic E-state index is 13.2. The maximum atomic E-state index is 13.2. The van der Waals surface area contributed by atoms with Crippen LogP contribution in [0.4, 0.5) is 8.78 Å². The summed E-state index contributed by atoms with van der Waals surface area (Å²) in [6.07, 6.45) is 4.23. The molecule has 6 heteroatoms. The first-order chi connectivity index (χ1) is 13.5. The van der Waals surface area contributed by atoms with Crippen LogP contribution in [0.2, 0.25) is 0 Å². The van der Waals surface area contributed by atoms with Crippen LogP contribution in [0.25, 0.3) is 6.08 Å². The molecule has 0 saturated heterocycles. The molecule has 0 saturated carbocycles. The quantitative estimate of drug-likeness (QED) is 0.610. The van der Waals surface area contributed by atoms with Crippen molar-refractivity contribution in [3.63, 3.8) is 0 Å². The minimum absolute atomic E-state index is 0.270. The molecule has 1 atom stereocenters. The SMILES string of the molecule is C[C@H](NC(=O)/C=C/c1cc(F)cc(F)c1)c1cccc(Oc2ccccn2)c1. The zero-order valence-corrected chi connectivity index (χ0v) is 15.1. The first-order valence-electron chi connectivity index (χ1n) is 8.63. The molecule has 1 aromatic heterocycles. The molecule has 0 aliphatic heterocycles. The molecule has 0 aliphatic carbocycles. The fourth-order valence-electron chi connectivity index (χ4n) is 2.56. The summed E-state index contributed by atoms with van der Waals surface area (Å²) >= 11 is 0. The smallest absolute Gasteiger partial charge is 0.244 e. The van der Waals surface area contributed by atoms with Gasteiger partial charge in [-0.05, 0) is 54.5 Å². The van der Waals surface area contributed by atoms with Crippen molar-refractivity contribution < 1.29 is 18.3 Å². The van der Waals surface area contributed by atoms with Crippen LogP contribution in [0, 0.1) is 11.6 Å². The van der Waals surface area contributed by atoms with Crippen LogP contribution in [0.5, 0.6) is 11.6 Å². The molecule has 0 spiro atoms. The van der Waals surface area contributed by atoms with Crippen molar-refractivity contribution in [2.45, 2.75) is 13.0 Å². The second kappa shape index (κ2) is 8.90. The zero-order chi connectivity index (χ0) is 19.9. The molecule has 3 rings (SSSR count). The molecule has 0 fully saturated rings. The molecule has 0 unspecified atom stereocenters. The number of aromatic nitrogens is 1. The molecule has 0 bridgehead atoms. The summed E-state index contributed by atoms with van der Waals surface area (Å²) in [5, 5.41) is 2.80. The van der Waals surface area contributed by atoms with Gasteiger partial charge in [0, 0.05) is 24.4 Å². The van der Waals surface area contributed by atoms with Gasteiger partial charge in [0.05, 0.1) is 6.04 Å². The Kier molecular flexibility index (Phi) is 6.11. The third-order valence-corrected chi connectivity index (χ3v) is 3.89. The summed E-state index contributed by atoms with van der Waals surface area (Å²) in [6, 6.07) is 15.4. The summed E-state index contributed by atoms with van der Waals surface area (Å²) in [6.45, 7) is 1.83. The first kappa shape index (κ1) is 19.2. The Bertz CT molecular complexity index is 971. The topological polar surface area (TPSA) is 51.2 Å². The van der Waals surface area contributed by atoms with E-state index < -0.39 is 11.6 Å². The van der Waals surface area contributed by atoms with Gasteiger partial charge < -0.3 is 10.1 Å². The Morgan fingerprint density at radius 1 is 1.07 bits per heavy atom. The first-order valence-corrected chi connectivity index (χ1v) is 8.63. The van der Waals surface area contributed by atoms with E-state index in [1.807, 2.05) is 31.2 Å². The van der Waals surface area contributed by atoms with Gasteiger partial charge in [-0.3, -0.25) is 4.79 Å². The van der Waals surface area contributed by atoms with Gasteiger partial charge in [-0.15, -0.1) is 0 Å². The lowest BCUT2D eigenvalue weighted by Gasteiger charge is -2.14. The van der Waals surface area contributed by atoms with Crippen LogP contribution >= 0.6 is 0 Å². The minimum Gasteiger partial charge on any atom is -0.439 e. The molecule has 142 valence electrons. The van der Waals surface area contributed by atoms with Gasteiger partial charge in [-0.1, -0.05) is 18.2 Å². The third-order valence-electron chi connectivity index (χ3n) is 3.89. The van der Waals surface area contributed by atoms with Gasteiger partial charge in [0.2, 0.25) is 11.8 Å². The molecule has 0 aliphatic rings. The van der Waals surface area contributed by atoms with E-state index in [0.717, 1.165) is 23.8 Å². The molecule has 4 nitrogen and oxygen atoms in total. The lowest BCUT2D eigenvalue weighted by atomic mass is 10.1. The maximum Gasteiger partial charge on any atom is 0.244 e. The van der Waals surface area contributed by atoms with E-state index in [1.54, 1.807) is 24.4 Å². The molecular formula is C22H18F2N2O2. The highest BCUT2D eigenvalue weighted by atomic mass is 19.1. The number of hydrogen-bond donors (Lipinski definition) is 1. The standard InChI is InChI=1S/C22H18F2N2O2/c1-15(26-21(27)9-8-16-11-18(23)14-19(24)12-16)17-5-4-6-20(13-17)28-22-7-2-3-10-25-22/h2-15H,1H3,(H,26,27)/b9-8+/t15-/m0/s1. The largest absolute Gasteiger partial charge is 0.439 e. The van der Waals surface area contributed by atoms with E-state index in [9.17, 15) is 13.6 Å². The summed E-state index contributed by atoms with van der Waals surface area (Å²) in [7, 11) is 0. The number of pyridine rings is 1. The highest BCUT2D eigenvalue weighted by Crippen LogP contribution is 2.23. The van der Waals surface area contributed by atoms with Crippen LogP contribution in [0.15, 0.2) is 72.9 Å². The summed E-state index contributed by atoms with van der Waals surface area (Å²) < 4.78 is 32.1. The van der Waals surface area contributed by atoms with Crippen molar-refractivity contribution >= 4 is 12.0 Å². The molecule has 1 amide bonds. The van der Waals surface area contributed by atoms with E-state index in [4.69, 9.17) is 4.74 Å². The van der Waals surface area contributed by atoms with Crippen LogP contribution in [-0.2, 0) is 4.79 Å². The Labute approximate surface area is 161 Å². The predicted octanol–water partition coefficient (Wildman–Crippen LogP) is 5.04. The number of carbonyl (C=O) groups excluding carboxylic acids is 1. The predicted molar refractivity (Wildman–Crippen MR) is 103 cm³/mol. The normalized spacial score (nSPS) is 12.0. The second-order valence-corrected chi connectivity index (χ2v) is 6.11. The molecular weight excluding hydrogens is 362 g/mol. The third kappa shape index (κ3) is 5.48. The fourth-order valence-corrected chi connectivity index (χ4v) is 2.56. The lowest BCUT2D eigenvalue weighted by Crippen LogP contribution is -2.24. The lowest BCUT2D eigenvalue weighted by molar-refractivity contribution is -0.117. The number of nitrogens with zero attached hydrogens (tertiary/aromatic N) is 1. The summed E-state index contributed by atoms with van der Waals surface area (Å²) in [5.74, 6) is -0.700. The second-order valence-electron chi connectivity index (χ2n) is 6.11. The van der Waals surface area contributed by atoms with Gasteiger partial charge in [-0.2, -0.15) is 0 Å². The average molecular weight is 380 g/mol. The van der Waals surface area contributed by atoms with Gasteiger partial charge in [-0.25, -0.2) is 13.8 Å². The number of halogens is 2. The van der Waals surface area contributed by atoms with Crippen LogP contribution in [0.1, 0.15) is 24.1 Å². The average Bonchev–Trinajstić information content (AvgIpc) is 2.67. The monoisotopic (exact) mass is 380 g/mol. The number of nitrogens with one attached hydrogen (secondary N) is 1. The van der Waals surface area contributed by atoms with Crippen LogP contribution < -0.4 is 10.1 Å². The highest BCUT2D eigenvalue weighted by molar-refractivity contribution is 5.91. The zero-order valence-electron chi connectivity index (χ0n) is 15.1. The molecule has 1 heterocycles. The Balaban J connectivity index is 1.63. The number of benzene rings is 2. The van der Waals surface area contributed by atoms with E-state index in [1.165, 1.54) is 12.2 Å². The fraction of sp³-hybridized carbons (Fsp3) is 0.0909. The summed E-state index contributed by atoms with van der Waals surface area (Å²) in [5.41, 5.74) is 1.11. The number of amides is 1. The molecule has 2 aromatic carbocycles. The molecule has 0 radical (unpaired) electrons. The Morgan fingerprint density at radius 3 is 2.57 bits per heavy atom. The van der Waals surface area contributed by atoms with Crippen molar-refractivity contribution in [3.05, 3.63) is 95.7 Å². The van der Waals surface area contributed by atoms with Gasteiger partial charge in [0.1, 0.15) is 17.4 Å². The Hall–Kier alpha value is -3.54. The molecule has 28 heavy (non-hydrogen) atoms. The van der Waals surface area contributed by atoms with Gasteiger partial charge >= 0.3 is 0 Å². The van der Waals surface area contributed by atoms with E-state index >= 15 is 0 Å². The number of rotatable bonds is 6.